The summed E-state index contributed by atoms with van der Waals surface area (Å²) < 4.78 is 33.2. The molecule has 9 nitrogen and oxygen atoms in total. The van der Waals surface area contributed by atoms with Gasteiger partial charge in [0.15, 0.2) is 0 Å². The van der Waals surface area contributed by atoms with Crippen LogP contribution in [0, 0.1) is 12.8 Å². The first kappa shape index (κ1) is 23.9. The second kappa shape index (κ2) is 9.41. The van der Waals surface area contributed by atoms with E-state index in [2.05, 4.69) is 5.32 Å². The van der Waals surface area contributed by atoms with Crippen molar-refractivity contribution in [2.24, 2.45) is 11.1 Å². The number of primary sulfonamides is 1. The zero-order chi connectivity index (χ0) is 23.6. The minimum Gasteiger partial charge on any atom is -0.459 e. The van der Waals surface area contributed by atoms with Crippen LogP contribution >= 0.6 is 0 Å². The van der Waals surface area contributed by atoms with E-state index in [0.717, 1.165) is 5.56 Å². The van der Waals surface area contributed by atoms with Crippen LogP contribution in [0.25, 0.3) is 0 Å². The van der Waals surface area contributed by atoms with Crippen LogP contribution < -0.4 is 15.9 Å². The lowest BCUT2D eigenvalue weighted by Crippen LogP contribution is -2.46. The van der Waals surface area contributed by atoms with Gasteiger partial charge in [-0.25, -0.2) is 18.4 Å². The number of benzene rings is 2. The molecule has 0 bridgehead atoms. The van der Waals surface area contributed by atoms with Crippen LogP contribution in [0.1, 0.15) is 40.9 Å². The predicted octanol–water partition coefficient (Wildman–Crippen LogP) is 0.358. The number of carbonyl (C=O) groups is 2. The van der Waals surface area contributed by atoms with Gasteiger partial charge in [0, 0.05) is 5.56 Å². The third-order valence-corrected chi connectivity index (χ3v) is 6.26. The van der Waals surface area contributed by atoms with E-state index in [1.807, 2.05) is 0 Å². The first-order chi connectivity index (χ1) is 15.0. The number of rotatable bonds is 7. The van der Waals surface area contributed by atoms with E-state index >= 15 is 0 Å². The molecule has 0 spiro atoms. The number of carbonyl (C=O) groups excluding carboxylic acids is 2. The maximum Gasteiger partial charge on any atom is 0.492 e. The highest BCUT2D eigenvalue weighted by Gasteiger charge is 2.32. The number of amides is 1. The second-order valence-corrected chi connectivity index (χ2v) is 9.53. The standard InChI is InChI=1S/C21H25BN2O7S/c1-12(2)19(21(26)30-10-14-4-7-16(8-5-14)32(23,28)29)24-20(25)17-9-6-15-11-31-22(27)18(15)13(17)3/h4-9,12,19,27H,10-11H2,1-3H3,(H,24,25)(H2,23,28,29)/t19-/m0/s1. The van der Waals surface area contributed by atoms with Crippen molar-refractivity contribution >= 4 is 34.5 Å². The summed E-state index contributed by atoms with van der Waals surface area (Å²) in [6.45, 7) is 5.46. The number of sulfonamides is 1. The van der Waals surface area contributed by atoms with Gasteiger partial charge in [0.1, 0.15) is 12.6 Å². The maximum absolute atomic E-state index is 12.9. The van der Waals surface area contributed by atoms with Crippen molar-refractivity contribution in [3.63, 3.8) is 0 Å². The number of nitrogens with two attached hydrogens (primary N) is 1. The van der Waals surface area contributed by atoms with Crippen molar-refractivity contribution < 1.29 is 32.4 Å². The Kier molecular flexibility index (Phi) is 7.04. The Morgan fingerprint density at radius 2 is 1.88 bits per heavy atom. The van der Waals surface area contributed by atoms with Gasteiger partial charge in [0.2, 0.25) is 10.0 Å². The summed E-state index contributed by atoms with van der Waals surface area (Å²) in [6, 6.07) is 8.11. The first-order valence-corrected chi connectivity index (χ1v) is 11.5. The van der Waals surface area contributed by atoms with Crippen LogP contribution in [0.15, 0.2) is 41.3 Å². The monoisotopic (exact) mass is 460 g/mol. The number of esters is 1. The molecule has 1 aliphatic heterocycles. The molecule has 0 saturated heterocycles. The van der Waals surface area contributed by atoms with Gasteiger partial charge < -0.3 is 19.7 Å². The molecular formula is C21H25BN2O7S. The highest BCUT2D eigenvalue weighted by molar-refractivity contribution is 7.89. The smallest absolute Gasteiger partial charge is 0.459 e. The molecule has 0 aliphatic carbocycles. The van der Waals surface area contributed by atoms with Gasteiger partial charge in [-0.05, 0) is 53.2 Å². The van der Waals surface area contributed by atoms with Crippen molar-refractivity contribution in [1.29, 1.82) is 0 Å². The molecular weight excluding hydrogens is 435 g/mol. The Balaban J connectivity index is 1.68. The largest absolute Gasteiger partial charge is 0.492 e. The van der Waals surface area contributed by atoms with E-state index < -0.39 is 35.1 Å². The molecule has 3 rings (SSSR count). The molecule has 0 saturated carbocycles. The molecule has 2 aromatic rings. The summed E-state index contributed by atoms with van der Waals surface area (Å²) >= 11 is 0. The van der Waals surface area contributed by atoms with Crippen molar-refractivity contribution in [3.05, 3.63) is 58.7 Å². The van der Waals surface area contributed by atoms with E-state index in [0.29, 0.717) is 22.2 Å². The molecule has 0 unspecified atom stereocenters. The topological polar surface area (TPSA) is 145 Å². The van der Waals surface area contributed by atoms with Gasteiger partial charge in [-0.15, -0.1) is 0 Å². The summed E-state index contributed by atoms with van der Waals surface area (Å²) in [7, 11) is -4.88. The fraction of sp³-hybridized carbons (Fsp3) is 0.333. The van der Waals surface area contributed by atoms with Crippen molar-refractivity contribution in [2.75, 3.05) is 0 Å². The minimum absolute atomic E-state index is 0.0415. The van der Waals surface area contributed by atoms with E-state index in [-0.39, 0.29) is 24.0 Å². The highest BCUT2D eigenvalue weighted by atomic mass is 32.2. The fourth-order valence-corrected chi connectivity index (χ4v) is 4.00. The van der Waals surface area contributed by atoms with Crippen molar-refractivity contribution in [1.82, 2.24) is 5.32 Å². The lowest BCUT2D eigenvalue weighted by atomic mass is 9.75. The maximum atomic E-state index is 12.9. The van der Waals surface area contributed by atoms with E-state index in [4.69, 9.17) is 14.5 Å². The summed E-state index contributed by atoms with van der Waals surface area (Å²) in [5, 5.41) is 17.8. The van der Waals surface area contributed by atoms with Gasteiger partial charge in [0.25, 0.3) is 5.91 Å². The Morgan fingerprint density at radius 1 is 1.22 bits per heavy atom. The first-order valence-electron chi connectivity index (χ1n) is 10.0. The normalized spacial score (nSPS) is 14.2. The molecule has 0 radical (unpaired) electrons. The van der Waals surface area contributed by atoms with E-state index in [1.54, 1.807) is 32.9 Å². The van der Waals surface area contributed by atoms with Crippen LogP contribution in [0.5, 0.6) is 0 Å². The molecule has 4 N–H and O–H groups in total. The third-order valence-electron chi connectivity index (χ3n) is 5.33. The summed E-state index contributed by atoms with van der Waals surface area (Å²) in [5.41, 5.74) is 2.90. The van der Waals surface area contributed by atoms with Gasteiger partial charge in [0.05, 0.1) is 11.5 Å². The molecule has 1 amide bonds. The van der Waals surface area contributed by atoms with Crippen LogP contribution in [0.4, 0.5) is 0 Å². The fourth-order valence-electron chi connectivity index (χ4n) is 3.49. The number of hydrogen-bond donors (Lipinski definition) is 3. The Morgan fingerprint density at radius 3 is 2.47 bits per heavy atom. The zero-order valence-electron chi connectivity index (χ0n) is 18.0. The number of hydrogen-bond acceptors (Lipinski definition) is 7. The van der Waals surface area contributed by atoms with E-state index in [9.17, 15) is 23.0 Å². The molecule has 0 aromatic heterocycles. The molecule has 1 atom stereocenters. The highest BCUT2D eigenvalue weighted by Crippen LogP contribution is 2.17. The van der Waals surface area contributed by atoms with Gasteiger partial charge in [-0.2, -0.15) is 0 Å². The van der Waals surface area contributed by atoms with Crippen LogP contribution in [-0.2, 0) is 37.4 Å². The van der Waals surface area contributed by atoms with Gasteiger partial charge in [-0.1, -0.05) is 32.0 Å². The average molecular weight is 460 g/mol. The van der Waals surface area contributed by atoms with Gasteiger partial charge >= 0.3 is 13.1 Å². The summed E-state index contributed by atoms with van der Waals surface area (Å²) in [4.78, 5) is 25.5. The molecule has 11 heteroatoms. The van der Waals surface area contributed by atoms with Crippen molar-refractivity contribution in [2.45, 2.75) is 44.9 Å². The van der Waals surface area contributed by atoms with Crippen molar-refractivity contribution in [3.8, 4) is 0 Å². The molecule has 1 aliphatic rings. The van der Waals surface area contributed by atoms with Crippen LogP contribution in [-0.4, -0.2) is 38.5 Å². The summed E-state index contributed by atoms with van der Waals surface area (Å²) in [5.74, 6) is -1.33. The SMILES string of the molecule is Cc1c(C(=O)N[C@H](C(=O)OCc2ccc(S(N)(=O)=O)cc2)C(C)C)ccc2c1B(O)OC2. The Labute approximate surface area is 187 Å². The van der Waals surface area contributed by atoms with Crippen LogP contribution in [0.2, 0.25) is 0 Å². The number of fused-ring (bicyclic) bond motifs is 1. The van der Waals surface area contributed by atoms with E-state index in [1.165, 1.54) is 24.3 Å². The predicted molar refractivity (Wildman–Crippen MR) is 117 cm³/mol. The zero-order valence-corrected chi connectivity index (χ0v) is 18.8. The lowest BCUT2D eigenvalue weighted by molar-refractivity contribution is -0.148. The third kappa shape index (κ3) is 5.18. The Hall–Kier alpha value is -2.73. The molecule has 0 fully saturated rings. The van der Waals surface area contributed by atoms with Gasteiger partial charge in [-0.3, -0.25) is 4.79 Å². The molecule has 1 heterocycles. The minimum atomic E-state index is -3.81. The molecule has 32 heavy (non-hydrogen) atoms. The quantitative estimate of drug-likeness (QED) is 0.400. The molecule has 2 aromatic carbocycles. The number of ether oxygens (including phenoxy) is 1. The summed E-state index contributed by atoms with van der Waals surface area (Å²) in [6.07, 6.45) is 0. The average Bonchev–Trinajstić information content (AvgIpc) is 3.11. The van der Waals surface area contributed by atoms with Crippen LogP contribution in [0.3, 0.4) is 0 Å². The Bertz CT molecular complexity index is 1130. The molecule has 170 valence electrons. The lowest BCUT2D eigenvalue weighted by Gasteiger charge is -2.22. The second-order valence-electron chi connectivity index (χ2n) is 7.97. The number of nitrogens with one attached hydrogen (secondary N) is 1.